The van der Waals surface area contributed by atoms with Crippen molar-refractivity contribution < 1.29 is 9.90 Å². The molecule has 0 radical (unpaired) electrons. The van der Waals surface area contributed by atoms with Crippen molar-refractivity contribution >= 4 is 11.8 Å². The van der Waals surface area contributed by atoms with Crippen LogP contribution in [0.25, 0.3) is 11.1 Å². The molecule has 1 saturated heterocycles. The highest BCUT2D eigenvalue weighted by molar-refractivity contribution is 5.94. The first kappa shape index (κ1) is 17.5. The third kappa shape index (κ3) is 3.40. The first-order valence-electron chi connectivity index (χ1n) is 8.93. The van der Waals surface area contributed by atoms with Crippen LogP contribution in [0.5, 0.6) is 0 Å². The van der Waals surface area contributed by atoms with E-state index in [1.807, 2.05) is 55.5 Å². The second-order valence-electron chi connectivity index (χ2n) is 6.94. The number of hydrogen-bond donors (Lipinski definition) is 1. The number of amides is 1. The van der Waals surface area contributed by atoms with Gasteiger partial charge >= 0.3 is 6.09 Å². The van der Waals surface area contributed by atoms with E-state index in [0.717, 1.165) is 41.8 Å². The zero-order valence-corrected chi connectivity index (χ0v) is 15.1. The van der Waals surface area contributed by atoms with Gasteiger partial charge in [0, 0.05) is 18.2 Å². The highest BCUT2D eigenvalue weighted by Crippen LogP contribution is 2.37. The summed E-state index contributed by atoms with van der Waals surface area (Å²) in [5, 5.41) is 10.1. The van der Waals surface area contributed by atoms with Crippen LogP contribution in [0.2, 0.25) is 0 Å². The van der Waals surface area contributed by atoms with Gasteiger partial charge in [0.05, 0.1) is 11.9 Å². The van der Waals surface area contributed by atoms with Crippen LogP contribution in [0, 0.1) is 6.92 Å². The molecule has 0 spiro atoms. The van der Waals surface area contributed by atoms with Crippen molar-refractivity contribution in [1.29, 1.82) is 0 Å². The summed E-state index contributed by atoms with van der Waals surface area (Å²) in [7, 11) is 0. The van der Waals surface area contributed by atoms with Crippen molar-refractivity contribution in [1.82, 2.24) is 4.90 Å². The van der Waals surface area contributed by atoms with E-state index in [-0.39, 0.29) is 6.17 Å². The Kier molecular flexibility index (Phi) is 5.09. The minimum absolute atomic E-state index is 0.110. The van der Waals surface area contributed by atoms with Crippen LogP contribution in [0.3, 0.4) is 0 Å². The second-order valence-corrected chi connectivity index (χ2v) is 6.94. The van der Waals surface area contributed by atoms with Gasteiger partial charge in [-0.25, -0.2) is 4.79 Å². The number of rotatable bonds is 4. The molecule has 4 nitrogen and oxygen atoms in total. The maximum absolute atomic E-state index is 12.3. The molecule has 25 heavy (non-hydrogen) atoms. The minimum atomic E-state index is -0.885. The van der Waals surface area contributed by atoms with Gasteiger partial charge in [-0.05, 0) is 44.7 Å². The zero-order valence-electron chi connectivity index (χ0n) is 15.1. The van der Waals surface area contributed by atoms with Crippen LogP contribution < -0.4 is 4.90 Å². The highest BCUT2D eigenvalue weighted by Gasteiger charge is 2.36. The van der Waals surface area contributed by atoms with Gasteiger partial charge in [0.25, 0.3) is 0 Å². The molecule has 2 aromatic rings. The molecule has 1 heterocycles. The molecular formula is C21H26N2O2. The Balaban J connectivity index is 2.13. The van der Waals surface area contributed by atoms with Crippen molar-refractivity contribution in [2.24, 2.45) is 0 Å². The van der Waals surface area contributed by atoms with Crippen molar-refractivity contribution in [2.45, 2.75) is 45.8 Å². The van der Waals surface area contributed by atoms with Crippen molar-refractivity contribution in [3.8, 4) is 11.1 Å². The molecular weight excluding hydrogens is 312 g/mol. The average molecular weight is 338 g/mol. The van der Waals surface area contributed by atoms with E-state index in [1.165, 1.54) is 0 Å². The molecule has 1 N–H and O–H groups in total. The van der Waals surface area contributed by atoms with Crippen LogP contribution in [-0.4, -0.2) is 34.9 Å². The fraction of sp³-hybridized carbons (Fsp3) is 0.381. The SMILES string of the molecule is Cc1cccc(-c2ccccc2)c1N(C(=O)O)C1CCCN1C(C)C. The van der Waals surface area contributed by atoms with Crippen LogP contribution in [0.4, 0.5) is 10.5 Å². The second kappa shape index (κ2) is 7.28. The number of carboxylic acid groups (broad SMARTS) is 1. The predicted molar refractivity (Wildman–Crippen MR) is 102 cm³/mol. The maximum Gasteiger partial charge on any atom is 0.413 e. The zero-order chi connectivity index (χ0) is 18.0. The lowest BCUT2D eigenvalue weighted by atomic mass is 9.99. The molecule has 1 aliphatic heterocycles. The lowest BCUT2D eigenvalue weighted by molar-refractivity contribution is 0.168. The Morgan fingerprint density at radius 1 is 1.16 bits per heavy atom. The van der Waals surface area contributed by atoms with Gasteiger partial charge in [-0.2, -0.15) is 0 Å². The summed E-state index contributed by atoms with van der Waals surface area (Å²) in [5.74, 6) is 0. The number of likely N-dealkylation sites (tertiary alicyclic amines) is 1. The molecule has 2 aromatic carbocycles. The molecule has 0 saturated carbocycles. The third-order valence-corrected chi connectivity index (χ3v) is 4.99. The van der Waals surface area contributed by atoms with Crippen LogP contribution in [0.1, 0.15) is 32.3 Å². The number of aryl methyl sites for hydroxylation is 1. The molecule has 1 amide bonds. The number of nitrogens with zero attached hydrogens (tertiary/aromatic N) is 2. The Hall–Kier alpha value is -2.33. The van der Waals surface area contributed by atoms with Crippen molar-refractivity contribution in [3.63, 3.8) is 0 Å². The van der Waals surface area contributed by atoms with Crippen LogP contribution in [-0.2, 0) is 0 Å². The first-order chi connectivity index (χ1) is 12.0. The Labute approximate surface area is 149 Å². The number of anilines is 1. The van der Waals surface area contributed by atoms with E-state index < -0.39 is 6.09 Å². The maximum atomic E-state index is 12.3. The molecule has 0 aliphatic carbocycles. The highest BCUT2D eigenvalue weighted by atomic mass is 16.4. The fourth-order valence-corrected chi connectivity index (χ4v) is 3.85. The number of hydrogen-bond acceptors (Lipinski definition) is 2. The van der Waals surface area contributed by atoms with Gasteiger partial charge in [0.15, 0.2) is 0 Å². The van der Waals surface area contributed by atoms with E-state index in [4.69, 9.17) is 0 Å². The molecule has 3 rings (SSSR count). The van der Waals surface area contributed by atoms with Gasteiger partial charge < -0.3 is 5.11 Å². The fourth-order valence-electron chi connectivity index (χ4n) is 3.85. The van der Waals surface area contributed by atoms with Crippen LogP contribution >= 0.6 is 0 Å². The first-order valence-corrected chi connectivity index (χ1v) is 8.93. The normalized spacial score (nSPS) is 17.8. The largest absolute Gasteiger partial charge is 0.465 e. The van der Waals surface area contributed by atoms with Gasteiger partial charge in [0.2, 0.25) is 0 Å². The Bertz CT molecular complexity index is 743. The molecule has 132 valence electrons. The lowest BCUT2D eigenvalue weighted by Crippen LogP contribution is -2.50. The molecule has 0 aromatic heterocycles. The van der Waals surface area contributed by atoms with Gasteiger partial charge in [0.1, 0.15) is 0 Å². The molecule has 1 fully saturated rings. The van der Waals surface area contributed by atoms with E-state index in [1.54, 1.807) is 4.90 Å². The lowest BCUT2D eigenvalue weighted by Gasteiger charge is -2.37. The van der Waals surface area contributed by atoms with Crippen LogP contribution in [0.15, 0.2) is 48.5 Å². The number of benzene rings is 2. The quantitative estimate of drug-likeness (QED) is 0.855. The Morgan fingerprint density at radius 2 is 1.88 bits per heavy atom. The topological polar surface area (TPSA) is 43.8 Å². The molecule has 1 aliphatic rings. The summed E-state index contributed by atoms with van der Waals surface area (Å²) in [4.78, 5) is 16.2. The van der Waals surface area contributed by atoms with E-state index in [9.17, 15) is 9.90 Å². The molecule has 0 bridgehead atoms. The summed E-state index contributed by atoms with van der Waals surface area (Å²) in [6, 6.07) is 16.3. The minimum Gasteiger partial charge on any atom is -0.465 e. The van der Waals surface area contributed by atoms with E-state index in [2.05, 4.69) is 18.7 Å². The number of carbonyl (C=O) groups is 1. The molecule has 4 heteroatoms. The van der Waals surface area contributed by atoms with E-state index in [0.29, 0.717) is 6.04 Å². The monoisotopic (exact) mass is 338 g/mol. The van der Waals surface area contributed by atoms with Crippen molar-refractivity contribution in [3.05, 3.63) is 54.1 Å². The predicted octanol–water partition coefficient (Wildman–Crippen LogP) is 4.98. The summed E-state index contributed by atoms with van der Waals surface area (Å²) in [6.07, 6.45) is 0.900. The summed E-state index contributed by atoms with van der Waals surface area (Å²) in [5.41, 5.74) is 3.80. The molecule has 1 atom stereocenters. The summed E-state index contributed by atoms with van der Waals surface area (Å²) < 4.78 is 0. The third-order valence-electron chi connectivity index (χ3n) is 4.99. The van der Waals surface area contributed by atoms with E-state index >= 15 is 0 Å². The van der Waals surface area contributed by atoms with Gasteiger partial charge in [-0.15, -0.1) is 0 Å². The summed E-state index contributed by atoms with van der Waals surface area (Å²) in [6.45, 7) is 7.20. The summed E-state index contributed by atoms with van der Waals surface area (Å²) >= 11 is 0. The standard InChI is InChI=1S/C21H26N2O2/c1-15(2)22-14-8-13-19(22)23(21(24)25)20-16(3)9-7-12-18(20)17-10-5-4-6-11-17/h4-7,9-12,15,19H,8,13-14H2,1-3H3,(H,24,25). The number of para-hydroxylation sites is 1. The van der Waals surface area contributed by atoms with Gasteiger partial charge in [-0.1, -0.05) is 48.5 Å². The van der Waals surface area contributed by atoms with Crippen molar-refractivity contribution in [2.75, 3.05) is 11.4 Å². The molecule has 1 unspecified atom stereocenters. The Morgan fingerprint density at radius 3 is 2.52 bits per heavy atom. The smallest absolute Gasteiger partial charge is 0.413 e. The van der Waals surface area contributed by atoms with Gasteiger partial charge in [-0.3, -0.25) is 9.80 Å². The average Bonchev–Trinajstić information content (AvgIpc) is 3.06.